The SMILES string of the molecule is CC(C)(C)OC(=O)CCN(CC(=O)N1CCc2cc(OCc3ccccc3)ccc21)C(=O)OC(C)(C)C.CC(C)(C)OC(=O)CCN(CC(=O)O)C(=O)OC(C)(C)C.c1ccc(COc2ccc3c(c2)CCN3)cc1. The van der Waals surface area contributed by atoms with Crippen molar-refractivity contribution in [2.45, 2.75) is 144 Å². The van der Waals surface area contributed by atoms with E-state index in [9.17, 15) is 28.8 Å². The number of carboxylic acids is 1. The van der Waals surface area contributed by atoms with E-state index in [2.05, 4.69) is 29.6 Å². The molecule has 17 heteroatoms. The molecule has 0 spiro atoms. The van der Waals surface area contributed by atoms with E-state index in [1.54, 1.807) is 88.0 Å². The molecule has 17 nitrogen and oxygen atoms in total. The van der Waals surface area contributed by atoms with E-state index in [1.165, 1.54) is 21.7 Å². The second-order valence-electron chi connectivity index (χ2n) is 22.0. The number of hydrogen-bond donors (Lipinski definition) is 2. The molecule has 408 valence electrons. The summed E-state index contributed by atoms with van der Waals surface area (Å²) in [6, 6.07) is 32.1. The fourth-order valence-corrected chi connectivity index (χ4v) is 7.35. The summed E-state index contributed by atoms with van der Waals surface area (Å²) >= 11 is 0. The van der Waals surface area contributed by atoms with E-state index >= 15 is 0 Å². The van der Waals surface area contributed by atoms with Gasteiger partial charge in [-0.05, 0) is 155 Å². The maximum Gasteiger partial charge on any atom is 0.410 e. The highest BCUT2D eigenvalue weighted by Gasteiger charge is 2.31. The first-order valence-electron chi connectivity index (χ1n) is 25.3. The van der Waals surface area contributed by atoms with Crippen LogP contribution < -0.4 is 19.7 Å². The Kier molecular flexibility index (Phi) is 21.9. The van der Waals surface area contributed by atoms with Crippen LogP contribution in [0.2, 0.25) is 0 Å². The van der Waals surface area contributed by atoms with E-state index in [-0.39, 0.29) is 38.4 Å². The van der Waals surface area contributed by atoms with Crippen LogP contribution >= 0.6 is 0 Å². The molecule has 0 fully saturated rings. The van der Waals surface area contributed by atoms with Crippen molar-refractivity contribution in [3.8, 4) is 11.5 Å². The number of hydrogen-bond acceptors (Lipinski definition) is 13. The monoisotopic (exact) mass is 1040 g/mol. The Morgan fingerprint density at radius 3 is 1.44 bits per heavy atom. The standard InChI is InChI=1S/C29H38N2O6.C15H15NO.C14H25NO6/c1-28(2,3)36-26(33)15-16-30(27(34)37-29(4,5)6)19-25(32)31-17-14-22-18-23(12-13-24(22)31)35-20-21-10-8-7-9-11-21;1-2-4-12(5-3-1)11-17-14-6-7-15-13(10-14)8-9-16-15;1-13(2,3)20-11(18)7-8-15(9-10(16)17)12(19)21-14(4,5)6/h7-13,18H,14-17,19-20H2,1-6H3;1-7,10,16H,8-9,11H2;7-9H2,1-6H3,(H,16,17). The van der Waals surface area contributed by atoms with Gasteiger partial charge in [-0.15, -0.1) is 0 Å². The number of nitrogens with zero attached hydrogens (tertiary/aromatic N) is 3. The molecular weight excluding hydrogens is 961 g/mol. The Hall–Kier alpha value is -7.30. The average Bonchev–Trinajstić information content (AvgIpc) is 3.96. The van der Waals surface area contributed by atoms with E-state index in [1.807, 2.05) is 72.8 Å². The van der Waals surface area contributed by atoms with Gasteiger partial charge < -0.3 is 43.7 Å². The van der Waals surface area contributed by atoms with Crippen molar-refractivity contribution < 1.29 is 62.3 Å². The summed E-state index contributed by atoms with van der Waals surface area (Å²) in [7, 11) is 0. The molecule has 0 atom stereocenters. The quantitative estimate of drug-likeness (QED) is 0.0793. The number of amides is 3. The minimum absolute atomic E-state index is 0.0164. The molecule has 4 aromatic rings. The second-order valence-corrected chi connectivity index (χ2v) is 22.0. The normalized spacial score (nSPS) is 12.7. The topological polar surface area (TPSA) is 200 Å². The molecule has 3 amide bonds. The Bertz CT molecular complexity index is 2520. The number of fused-ring (bicyclic) bond motifs is 2. The van der Waals surface area contributed by atoms with Gasteiger partial charge in [0.1, 0.15) is 60.2 Å². The highest BCUT2D eigenvalue weighted by molar-refractivity contribution is 5.98. The average molecular weight is 1040 g/mol. The van der Waals surface area contributed by atoms with Gasteiger partial charge in [0.05, 0.1) is 12.8 Å². The van der Waals surface area contributed by atoms with Crippen LogP contribution in [0.25, 0.3) is 0 Å². The van der Waals surface area contributed by atoms with Crippen LogP contribution in [-0.4, -0.2) is 113 Å². The van der Waals surface area contributed by atoms with Crippen LogP contribution in [0.4, 0.5) is 21.0 Å². The highest BCUT2D eigenvalue weighted by Crippen LogP contribution is 2.32. The smallest absolute Gasteiger partial charge is 0.410 e. The van der Waals surface area contributed by atoms with Crippen molar-refractivity contribution >= 4 is 47.4 Å². The van der Waals surface area contributed by atoms with Gasteiger partial charge in [0.25, 0.3) is 0 Å². The van der Waals surface area contributed by atoms with E-state index in [0.29, 0.717) is 26.2 Å². The number of esters is 2. The first kappa shape index (κ1) is 60.3. The van der Waals surface area contributed by atoms with Gasteiger partial charge >= 0.3 is 30.1 Å². The summed E-state index contributed by atoms with van der Waals surface area (Å²) in [5.41, 5.74) is 3.96. The van der Waals surface area contributed by atoms with E-state index < -0.39 is 59.0 Å². The third-order valence-corrected chi connectivity index (χ3v) is 10.5. The number of nitrogens with one attached hydrogen (secondary N) is 1. The summed E-state index contributed by atoms with van der Waals surface area (Å²) in [6.45, 7) is 22.7. The van der Waals surface area contributed by atoms with Crippen molar-refractivity contribution in [3.05, 3.63) is 119 Å². The fourth-order valence-electron chi connectivity index (χ4n) is 7.35. The lowest BCUT2D eigenvalue weighted by Gasteiger charge is -2.29. The second kappa shape index (κ2) is 27.3. The molecule has 2 aliphatic heterocycles. The van der Waals surface area contributed by atoms with Crippen molar-refractivity contribution in [1.82, 2.24) is 9.80 Å². The largest absolute Gasteiger partial charge is 0.489 e. The molecule has 0 unspecified atom stereocenters. The van der Waals surface area contributed by atoms with Gasteiger partial charge in [-0.25, -0.2) is 9.59 Å². The number of carbonyl (C=O) groups is 6. The van der Waals surface area contributed by atoms with Gasteiger partial charge in [-0.2, -0.15) is 0 Å². The Labute approximate surface area is 442 Å². The Balaban J connectivity index is 0.000000269. The molecule has 0 saturated carbocycles. The third-order valence-electron chi connectivity index (χ3n) is 10.5. The lowest BCUT2D eigenvalue weighted by Crippen LogP contribution is -2.45. The zero-order chi connectivity index (χ0) is 55.6. The number of benzene rings is 4. The lowest BCUT2D eigenvalue weighted by atomic mass is 10.1. The van der Waals surface area contributed by atoms with Gasteiger partial charge in [0.15, 0.2) is 0 Å². The maximum atomic E-state index is 13.3. The molecular formula is C58H78N4O13. The van der Waals surface area contributed by atoms with Crippen molar-refractivity contribution in [3.63, 3.8) is 0 Å². The highest BCUT2D eigenvalue weighted by atomic mass is 16.6. The molecule has 0 radical (unpaired) electrons. The molecule has 6 rings (SSSR count). The number of rotatable bonds is 16. The van der Waals surface area contributed by atoms with Gasteiger partial charge in [0.2, 0.25) is 5.91 Å². The number of aliphatic carboxylic acids is 1. The fraction of sp³-hybridized carbons (Fsp3) is 0.483. The van der Waals surface area contributed by atoms with Crippen molar-refractivity contribution in [2.75, 3.05) is 49.5 Å². The summed E-state index contributed by atoms with van der Waals surface area (Å²) in [6.07, 6.45) is 0.236. The van der Waals surface area contributed by atoms with Crippen LogP contribution in [0.5, 0.6) is 11.5 Å². The first-order chi connectivity index (χ1) is 35.0. The summed E-state index contributed by atoms with van der Waals surface area (Å²) in [5, 5.41) is 12.2. The number of carboxylic acid groups (broad SMARTS) is 1. The summed E-state index contributed by atoms with van der Waals surface area (Å²) in [5.74, 6) is -0.665. The predicted molar refractivity (Wildman–Crippen MR) is 287 cm³/mol. The number of ether oxygens (including phenoxy) is 6. The van der Waals surface area contributed by atoms with Crippen LogP contribution in [0.3, 0.4) is 0 Å². The van der Waals surface area contributed by atoms with E-state index in [4.69, 9.17) is 33.5 Å². The van der Waals surface area contributed by atoms with Gasteiger partial charge in [0, 0.05) is 37.6 Å². The zero-order valence-electron chi connectivity index (χ0n) is 45.9. The Morgan fingerprint density at radius 1 is 0.547 bits per heavy atom. The zero-order valence-corrected chi connectivity index (χ0v) is 45.9. The van der Waals surface area contributed by atoms with Crippen LogP contribution in [0.15, 0.2) is 97.1 Å². The Morgan fingerprint density at radius 2 is 0.987 bits per heavy atom. The van der Waals surface area contributed by atoms with Gasteiger partial charge in [-0.1, -0.05) is 60.7 Å². The molecule has 0 aromatic heterocycles. The first-order valence-corrected chi connectivity index (χ1v) is 25.3. The predicted octanol–water partition coefficient (Wildman–Crippen LogP) is 10.4. The lowest BCUT2D eigenvalue weighted by molar-refractivity contribution is -0.156. The minimum Gasteiger partial charge on any atom is -0.489 e. The van der Waals surface area contributed by atoms with Gasteiger partial charge in [-0.3, -0.25) is 29.0 Å². The molecule has 2 N–H and O–H groups in total. The van der Waals surface area contributed by atoms with Crippen LogP contribution in [0, 0.1) is 0 Å². The molecule has 4 aromatic carbocycles. The van der Waals surface area contributed by atoms with Crippen LogP contribution in [-0.2, 0) is 64.2 Å². The van der Waals surface area contributed by atoms with Crippen molar-refractivity contribution in [1.29, 1.82) is 0 Å². The molecule has 2 heterocycles. The molecule has 0 saturated heterocycles. The maximum absolute atomic E-state index is 13.3. The minimum atomic E-state index is -1.18. The summed E-state index contributed by atoms with van der Waals surface area (Å²) in [4.78, 5) is 76.6. The van der Waals surface area contributed by atoms with Crippen LogP contribution in [0.1, 0.15) is 118 Å². The number of anilines is 2. The third kappa shape index (κ3) is 23.2. The molecule has 0 aliphatic carbocycles. The summed E-state index contributed by atoms with van der Waals surface area (Å²) < 4.78 is 32.8. The molecule has 75 heavy (non-hydrogen) atoms. The number of carbonyl (C=O) groups excluding carboxylic acids is 5. The van der Waals surface area contributed by atoms with E-state index in [0.717, 1.165) is 46.2 Å². The van der Waals surface area contributed by atoms with Crippen molar-refractivity contribution in [2.24, 2.45) is 0 Å². The molecule has 2 aliphatic rings. The molecule has 0 bridgehead atoms.